The molecule has 108 valence electrons. The zero-order valence-electron chi connectivity index (χ0n) is 12.8. The van der Waals surface area contributed by atoms with E-state index < -0.39 is 0 Å². The minimum atomic E-state index is 0.666. The molecule has 21 heavy (non-hydrogen) atoms. The van der Waals surface area contributed by atoms with Crippen molar-refractivity contribution < 1.29 is 0 Å². The number of rotatable bonds is 3. The SMILES string of the molecule is Cc1ccc2nc(-c3ccc(CC(C)C)cc3)c(N)n2c1. The van der Waals surface area contributed by atoms with Gasteiger partial charge in [0, 0.05) is 11.8 Å². The van der Waals surface area contributed by atoms with Crippen LogP contribution in [0.5, 0.6) is 0 Å². The predicted molar refractivity (Wildman–Crippen MR) is 88.3 cm³/mol. The Kier molecular flexibility index (Phi) is 3.42. The second-order valence-electron chi connectivity index (χ2n) is 6.08. The van der Waals surface area contributed by atoms with Crippen LogP contribution in [0.1, 0.15) is 25.0 Å². The molecule has 0 saturated heterocycles. The fraction of sp³-hybridized carbons (Fsp3) is 0.278. The molecule has 2 heterocycles. The molecule has 0 aliphatic carbocycles. The van der Waals surface area contributed by atoms with Crippen LogP contribution in [0, 0.1) is 12.8 Å². The average Bonchev–Trinajstić information content (AvgIpc) is 2.76. The van der Waals surface area contributed by atoms with E-state index in [9.17, 15) is 0 Å². The van der Waals surface area contributed by atoms with Crippen molar-refractivity contribution in [3.8, 4) is 11.3 Å². The minimum Gasteiger partial charge on any atom is -0.383 e. The second kappa shape index (κ2) is 5.24. The van der Waals surface area contributed by atoms with Crippen LogP contribution in [0.3, 0.4) is 0 Å². The molecule has 0 atom stereocenters. The number of fused-ring (bicyclic) bond motifs is 1. The molecule has 1 aromatic carbocycles. The highest BCUT2D eigenvalue weighted by Gasteiger charge is 2.11. The maximum Gasteiger partial charge on any atom is 0.139 e. The van der Waals surface area contributed by atoms with E-state index in [0.29, 0.717) is 11.7 Å². The number of hydrogen-bond acceptors (Lipinski definition) is 2. The highest BCUT2D eigenvalue weighted by atomic mass is 15.1. The number of imidazole rings is 1. The monoisotopic (exact) mass is 279 g/mol. The van der Waals surface area contributed by atoms with Gasteiger partial charge in [0.15, 0.2) is 0 Å². The van der Waals surface area contributed by atoms with Gasteiger partial charge in [0.05, 0.1) is 0 Å². The van der Waals surface area contributed by atoms with Crippen LogP contribution >= 0.6 is 0 Å². The summed E-state index contributed by atoms with van der Waals surface area (Å²) in [7, 11) is 0. The number of pyridine rings is 1. The van der Waals surface area contributed by atoms with Crippen molar-refractivity contribution in [3.63, 3.8) is 0 Å². The van der Waals surface area contributed by atoms with Gasteiger partial charge in [0.25, 0.3) is 0 Å². The summed E-state index contributed by atoms with van der Waals surface area (Å²) in [5.74, 6) is 1.37. The molecule has 2 N–H and O–H groups in total. The van der Waals surface area contributed by atoms with E-state index in [2.05, 4.69) is 56.1 Å². The first-order chi connectivity index (χ1) is 10.0. The Hall–Kier alpha value is -2.29. The van der Waals surface area contributed by atoms with Gasteiger partial charge in [0.1, 0.15) is 17.2 Å². The van der Waals surface area contributed by atoms with Gasteiger partial charge in [-0.3, -0.25) is 4.40 Å². The molecule has 0 spiro atoms. The number of aromatic nitrogens is 2. The number of nitrogens with zero attached hydrogens (tertiary/aromatic N) is 2. The molecule has 0 aliphatic heterocycles. The van der Waals surface area contributed by atoms with Gasteiger partial charge in [-0.15, -0.1) is 0 Å². The number of benzene rings is 1. The molecule has 3 aromatic rings. The van der Waals surface area contributed by atoms with Crippen molar-refractivity contribution in [2.24, 2.45) is 5.92 Å². The first-order valence-electron chi connectivity index (χ1n) is 7.38. The topological polar surface area (TPSA) is 43.3 Å². The molecule has 2 aromatic heterocycles. The van der Waals surface area contributed by atoms with Crippen LogP contribution in [-0.4, -0.2) is 9.38 Å². The fourth-order valence-corrected chi connectivity index (χ4v) is 2.65. The zero-order valence-corrected chi connectivity index (χ0v) is 12.8. The van der Waals surface area contributed by atoms with Gasteiger partial charge in [-0.05, 0) is 36.5 Å². The summed E-state index contributed by atoms with van der Waals surface area (Å²) in [6.07, 6.45) is 3.12. The number of hydrogen-bond donors (Lipinski definition) is 1. The van der Waals surface area contributed by atoms with Crippen molar-refractivity contribution in [3.05, 3.63) is 53.7 Å². The predicted octanol–water partition coefficient (Wildman–Crippen LogP) is 4.09. The summed E-state index contributed by atoms with van der Waals surface area (Å²) in [6, 6.07) is 12.6. The lowest BCUT2D eigenvalue weighted by atomic mass is 10.0. The Morgan fingerprint density at radius 2 is 1.81 bits per heavy atom. The van der Waals surface area contributed by atoms with Crippen LogP contribution in [0.15, 0.2) is 42.6 Å². The van der Waals surface area contributed by atoms with Crippen LogP contribution in [0.4, 0.5) is 5.82 Å². The first-order valence-corrected chi connectivity index (χ1v) is 7.38. The van der Waals surface area contributed by atoms with Crippen molar-refractivity contribution >= 4 is 11.5 Å². The van der Waals surface area contributed by atoms with Gasteiger partial charge in [-0.2, -0.15) is 0 Å². The molecular formula is C18H21N3. The molecule has 0 amide bonds. The van der Waals surface area contributed by atoms with Crippen molar-refractivity contribution in [2.45, 2.75) is 27.2 Å². The van der Waals surface area contributed by atoms with E-state index in [1.165, 1.54) is 11.1 Å². The standard InChI is InChI=1S/C18H21N3/c1-12(2)10-14-5-7-15(8-6-14)17-18(19)21-11-13(3)4-9-16(21)20-17/h4-9,11-12H,10,19H2,1-3H3. The van der Waals surface area contributed by atoms with E-state index >= 15 is 0 Å². The van der Waals surface area contributed by atoms with Crippen LogP contribution in [0.25, 0.3) is 16.9 Å². The highest BCUT2D eigenvalue weighted by molar-refractivity contribution is 5.75. The Morgan fingerprint density at radius 3 is 2.48 bits per heavy atom. The number of nitrogen functional groups attached to an aromatic ring is 1. The minimum absolute atomic E-state index is 0.666. The Labute approximate surface area is 125 Å². The number of aryl methyl sites for hydroxylation is 1. The largest absolute Gasteiger partial charge is 0.383 e. The van der Waals surface area contributed by atoms with E-state index in [4.69, 9.17) is 5.73 Å². The van der Waals surface area contributed by atoms with E-state index in [-0.39, 0.29) is 0 Å². The van der Waals surface area contributed by atoms with Crippen LogP contribution in [-0.2, 0) is 6.42 Å². The molecule has 0 unspecified atom stereocenters. The summed E-state index contributed by atoms with van der Waals surface area (Å²) in [6.45, 7) is 6.52. The quantitative estimate of drug-likeness (QED) is 0.784. The third-order valence-electron chi connectivity index (χ3n) is 3.67. The maximum absolute atomic E-state index is 6.26. The average molecular weight is 279 g/mol. The molecule has 0 radical (unpaired) electrons. The fourth-order valence-electron chi connectivity index (χ4n) is 2.65. The summed E-state index contributed by atoms with van der Waals surface area (Å²) in [4.78, 5) is 4.65. The molecular weight excluding hydrogens is 258 g/mol. The molecule has 0 fully saturated rings. The Bertz CT molecular complexity index is 767. The molecule has 0 saturated carbocycles. The van der Waals surface area contributed by atoms with Crippen LogP contribution in [0.2, 0.25) is 0 Å². The third-order valence-corrected chi connectivity index (χ3v) is 3.67. The smallest absolute Gasteiger partial charge is 0.139 e. The van der Waals surface area contributed by atoms with E-state index in [0.717, 1.165) is 23.3 Å². The molecule has 3 nitrogen and oxygen atoms in total. The normalized spacial score (nSPS) is 11.4. The highest BCUT2D eigenvalue weighted by Crippen LogP contribution is 2.27. The third kappa shape index (κ3) is 2.64. The molecule has 3 heteroatoms. The zero-order chi connectivity index (χ0) is 15.0. The Balaban J connectivity index is 2.02. The van der Waals surface area contributed by atoms with Gasteiger partial charge < -0.3 is 5.73 Å². The number of nitrogens with two attached hydrogens (primary N) is 1. The lowest BCUT2D eigenvalue weighted by molar-refractivity contribution is 0.647. The van der Waals surface area contributed by atoms with Gasteiger partial charge in [-0.1, -0.05) is 44.2 Å². The summed E-state index contributed by atoms with van der Waals surface area (Å²) in [5.41, 5.74) is 11.6. The summed E-state index contributed by atoms with van der Waals surface area (Å²) < 4.78 is 1.95. The van der Waals surface area contributed by atoms with Gasteiger partial charge in [0.2, 0.25) is 0 Å². The second-order valence-corrected chi connectivity index (χ2v) is 6.08. The van der Waals surface area contributed by atoms with Crippen molar-refractivity contribution in [1.82, 2.24) is 9.38 Å². The molecule has 3 rings (SSSR count). The van der Waals surface area contributed by atoms with Gasteiger partial charge >= 0.3 is 0 Å². The van der Waals surface area contributed by atoms with E-state index in [1.807, 2.05) is 16.7 Å². The summed E-state index contributed by atoms with van der Waals surface area (Å²) in [5, 5.41) is 0. The van der Waals surface area contributed by atoms with E-state index in [1.54, 1.807) is 0 Å². The van der Waals surface area contributed by atoms with Crippen molar-refractivity contribution in [2.75, 3.05) is 5.73 Å². The number of anilines is 1. The summed E-state index contributed by atoms with van der Waals surface area (Å²) >= 11 is 0. The van der Waals surface area contributed by atoms with Crippen LogP contribution < -0.4 is 5.73 Å². The molecule has 0 bridgehead atoms. The molecule has 0 aliphatic rings. The lowest BCUT2D eigenvalue weighted by Crippen LogP contribution is -1.95. The van der Waals surface area contributed by atoms with Gasteiger partial charge in [-0.25, -0.2) is 4.98 Å². The lowest BCUT2D eigenvalue weighted by Gasteiger charge is -2.06. The first kappa shape index (κ1) is 13.7. The Morgan fingerprint density at radius 1 is 1.10 bits per heavy atom. The van der Waals surface area contributed by atoms with Crippen molar-refractivity contribution in [1.29, 1.82) is 0 Å². The maximum atomic E-state index is 6.26.